The van der Waals surface area contributed by atoms with E-state index >= 15 is 0 Å². The minimum absolute atomic E-state index is 0.178. The summed E-state index contributed by atoms with van der Waals surface area (Å²) in [5.74, 6) is 0.178. The molecule has 0 heterocycles. The number of rotatable bonds is 5. The van der Waals surface area contributed by atoms with Gasteiger partial charge in [-0.15, -0.1) is 0 Å². The highest BCUT2D eigenvalue weighted by atomic mass is 15.1. The highest BCUT2D eigenvalue weighted by molar-refractivity contribution is 5.56. The van der Waals surface area contributed by atoms with Gasteiger partial charge >= 0.3 is 0 Å². The van der Waals surface area contributed by atoms with E-state index in [4.69, 9.17) is 5.73 Å². The number of nitrogens with zero attached hydrogens (tertiary/aromatic N) is 2. The molecule has 0 spiro atoms. The molecule has 0 saturated carbocycles. The van der Waals surface area contributed by atoms with Gasteiger partial charge in [0.1, 0.15) is 0 Å². The van der Waals surface area contributed by atoms with Gasteiger partial charge in [0.15, 0.2) is 0 Å². The first-order valence-electron chi connectivity index (χ1n) is 9.27. The second-order valence-electron chi connectivity index (χ2n) is 7.52. The zero-order valence-corrected chi connectivity index (χ0v) is 16.9. The van der Waals surface area contributed by atoms with Crippen molar-refractivity contribution in [3.8, 4) is 0 Å². The predicted octanol–water partition coefficient (Wildman–Crippen LogP) is 4.89. The smallest absolute Gasteiger partial charge is 0.0361 e. The van der Waals surface area contributed by atoms with Crippen molar-refractivity contribution in [1.29, 1.82) is 0 Å². The van der Waals surface area contributed by atoms with E-state index in [9.17, 15) is 0 Å². The monoisotopic (exact) mass is 359 g/mol. The lowest BCUT2D eigenvalue weighted by Crippen LogP contribution is -2.10. The van der Waals surface area contributed by atoms with Gasteiger partial charge in [0.25, 0.3) is 0 Å². The highest BCUT2D eigenvalue weighted by Crippen LogP contribution is 2.34. The SMILES string of the molecule is Cc1cc(C(c2ccc(N(C)C)cc2)c2ccc(N(C)C)cc2)ccc1N. The van der Waals surface area contributed by atoms with Crippen molar-refractivity contribution in [2.24, 2.45) is 0 Å². The van der Waals surface area contributed by atoms with E-state index in [0.29, 0.717) is 0 Å². The summed E-state index contributed by atoms with van der Waals surface area (Å²) in [6, 6.07) is 24.0. The molecular formula is C24H29N3. The molecule has 0 aliphatic rings. The van der Waals surface area contributed by atoms with Gasteiger partial charge in [-0.2, -0.15) is 0 Å². The van der Waals surface area contributed by atoms with Crippen molar-refractivity contribution in [3.63, 3.8) is 0 Å². The molecule has 0 fully saturated rings. The number of nitrogen functional groups attached to an aromatic ring is 1. The first kappa shape index (κ1) is 18.8. The summed E-state index contributed by atoms with van der Waals surface area (Å²) in [7, 11) is 8.26. The predicted molar refractivity (Wildman–Crippen MR) is 118 cm³/mol. The minimum Gasteiger partial charge on any atom is -0.399 e. The molecule has 27 heavy (non-hydrogen) atoms. The summed E-state index contributed by atoms with van der Waals surface area (Å²) >= 11 is 0. The summed E-state index contributed by atoms with van der Waals surface area (Å²) in [5.41, 5.74) is 14.2. The first-order chi connectivity index (χ1) is 12.9. The van der Waals surface area contributed by atoms with Gasteiger partial charge in [0.05, 0.1) is 0 Å². The summed E-state index contributed by atoms with van der Waals surface area (Å²) in [6.45, 7) is 2.07. The second kappa shape index (κ2) is 7.75. The van der Waals surface area contributed by atoms with Crippen LogP contribution in [0.25, 0.3) is 0 Å². The number of hydrogen-bond donors (Lipinski definition) is 1. The number of benzene rings is 3. The van der Waals surface area contributed by atoms with E-state index in [-0.39, 0.29) is 5.92 Å². The Kier molecular flexibility index (Phi) is 5.41. The Hall–Kier alpha value is -2.94. The number of anilines is 3. The third-order valence-corrected chi connectivity index (χ3v) is 5.11. The Balaban J connectivity index is 2.09. The first-order valence-corrected chi connectivity index (χ1v) is 9.27. The maximum atomic E-state index is 6.06. The standard InChI is InChI=1S/C24H29N3/c1-17-16-20(10-15-23(17)25)24(18-6-11-21(12-7-18)26(2)3)19-8-13-22(14-9-19)27(4)5/h6-16,24H,25H2,1-5H3. The molecule has 0 aromatic heterocycles. The van der Waals surface area contributed by atoms with Gasteiger partial charge in [-0.05, 0) is 59.5 Å². The van der Waals surface area contributed by atoms with Gasteiger partial charge in [-0.25, -0.2) is 0 Å². The number of nitrogens with two attached hydrogens (primary N) is 1. The topological polar surface area (TPSA) is 32.5 Å². The molecule has 0 amide bonds. The number of hydrogen-bond acceptors (Lipinski definition) is 3. The lowest BCUT2D eigenvalue weighted by atomic mass is 9.84. The van der Waals surface area contributed by atoms with Crippen LogP contribution in [-0.4, -0.2) is 28.2 Å². The molecule has 140 valence electrons. The maximum absolute atomic E-state index is 6.06. The van der Waals surface area contributed by atoms with Crippen molar-refractivity contribution >= 4 is 17.1 Å². The summed E-state index contributed by atoms with van der Waals surface area (Å²) in [5, 5.41) is 0. The van der Waals surface area contributed by atoms with E-state index in [1.54, 1.807) is 0 Å². The fourth-order valence-corrected chi connectivity index (χ4v) is 3.39. The maximum Gasteiger partial charge on any atom is 0.0361 e. The minimum atomic E-state index is 0.178. The molecule has 2 N–H and O–H groups in total. The highest BCUT2D eigenvalue weighted by Gasteiger charge is 2.18. The van der Waals surface area contributed by atoms with Crippen LogP contribution in [-0.2, 0) is 0 Å². The molecule has 0 aliphatic carbocycles. The zero-order chi connectivity index (χ0) is 19.6. The Labute approximate surface area is 163 Å². The van der Waals surface area contributed by atoms with Crippen molar-refractivity contribution in [3.05, 3.63) is 89.0 Å². The molecule has 3 rings (SSSR count). The molecule has 0 aliphatic heterocycles. The Bertz CT molecular complexity index is 842. The Morgan fingerprint density at radius 3 is 1.41 bits per heavy atom. The van der Waals surface area contributed by atoms with Crippen molar-refractivity contribution in [2.75, 3.05) is 43.7 Å². The van der Waals surface area contributed by atoms with Gasteiger partial charge in [0.2, 0.25) is 0 Å². The van der Waals surface area contributed by atoms with Crippen LogP contribution in [0.3, 0.4) is 0 Å². The van der Waals surface area contributed by atoms with Gasteiger partial charge in [-0.3, -0.25) is 0 Å². The van der Waals surface area contributed by atoms with Crippen LogP contribution >= 0.6 is 0 Å². The van der Waals surface area contributed by atoms with Crippen LogP contribution in [0.5, 0.6) is 0 Å². The largest absolute Gasteiger partial charge is 0.399 e. The van der Waals surface area contributed by atoms with E-state index < -0.39 is 0 Å². The molecule has 0 unspecified atom stereocenters. The van der Waals surface area contributed by atoms with Crippen LogP contribution in [0.4, 0.5) is 17.1 Å². The molecule has 3 aromatic rings. The third-order valence-electron chi connectivity index (χ3n) is 5.11. The second-order valence-corrected chi connectivity index (χ2v) is 7.52. The van der Waals surface area contributed by atoms with Crippen molar-refractivity contribution in [1.82, 2.24) is 0 Å². The molecule has 0 radical (unpaired) electrons. The lowest BCUT2D eigenvalue weighted by Gasteiger charge is -2.22. The van der Waals surface area contributed by atoms with Gasteiger partial charge in [-0.1, -0.05) is 36.4 Å². The Morgan fingerprint density at radius 1 is 0.630 bits per heavy atom. The average Bonchev–Trinajstić information content (AvgIpc) is 2.65. The van der Waals surface area contributed by atoms with E-state index in [0.717, 1.165) is 11.3 Å². The summed E-state index contributed by atoms with van der Waals surface area (Å²) in [4.78, 5) is 4.25. The molecule has 3 aromatic carbocycles. The average molecular weight is 360 g/mol. The van der Waals surface area contributed by atoms with E-state index in [1.165, 1.54) is 28.1 Å². The normalized spacial score (nSPS) is 10.9. The van der Waals surface area contributed by atoms with Crippen LogP contribution in [0.1, 0.15) is 28.2 Å². The van der Waals surface area contributed by atoms with E-state index in [2.05, 4.69) is 106 Å². The zero-order valence-electron chi connectivity index (χ0n) is 16.9. The van der Waals surface area contributed by atoms with Gasteiger partial charge in [0, 0.05) is 51.2 Å². The van der Waals surface area contributed by atoms with Crippen molar-refractivity contribution < 1.29 is 0 Å². The van der Waals surface area contributed by atoms with Gasteiger partial charge < -0.3 is 15.5 Å². The fraction of sp³-hybridized carbons (Fsp3) is 0.250. The molecular weight excluding hydrogens is 330 g/mol. The van der Waals surface area contributed by atoms with Crippen LogP contribution in [0.2, 0.25) is 0 Å². The van der Waals surface area contributed by atoms with Crippen LogP contribution in [0, 0.1) is 6.92 Å². The Morgan fingerprint density at radius 2 is 1.04 bits per heavy atom. The number of aryl methyl sites for hydroxylation is 1. The molecule has 0 atom stereocenters. The molecule has 3 heteroatoms. The van der Waals surface area contributed by atoms with E-state index in [1.807, 2.05) is 6.07 Å². The fourth-order valence-electron chi connectivity index (χ4n) is 3.39. The lowest BCUT2D eigenvalue weighted by molar-refractivity contribution is 0.971. The summed E-state index contributed by atoms with van der Waals surface area (Å²) < 4.78 is 0. The van der Waals surface area contributed by atoms with Crippen LogP contribution in [0.15, 0.2) is 66.7 Å². The molecule has 3 nitrogen and oxygen atoms in total. The molecule has 0 bridgehead atoms. The van der Waals surface area contributed by atoms with Crippen LogP contribution < -0.4 is 15.5 Å². The molecule has 0 saturated heterocycles. The van der Waals surface area contributed by atoms with Crippen molar-refractivity contribution in [2.45, 2.75) is 12.8 Å². The third kappa shape index (κ3) is 4.08. The quantitative estimate of drug-likeness (QED) is 0.520. The summed E-state index contributed by atoms with van der Waals surface area (Å²) in [6.07, 6.45) is 0.